The van der Waals surface area contributed by atoms with Gasteiger partial charge in [-0.05, 0) is 37.0 Å². The highest BCUT2D eigenvalue weighted by Gasteiger charge is 2.40. The molecule has 0 heterocycles. The van der Waals surface area contributed by atoms with E-state index in [1.54, 1.807) is 0 Å². The third kappa shape index (κ3) is 3.20. The molecule has 0 amide bonds. The lowest BCUT2D eigenvalue weighted by molar-refractivity contribution is -0.138. The molecule has 0 aliphatic heterocycles. The molecule has 16 heavy (non-hydrogen) atoms. The molecule has 0 aromatic heterocycles. The maximum atomic E-state index is 11.5. The number of carboxylic acid groups (broad SMARTS) is 1. The summed E-state index contributed by atoms with van der Waals surface area (Å²) in [4.78, 5) is 11.1. The fourth-order valence-corrected chi connectivity index (χ4v) is 4.28. The average molecular weight is 248 g/mol. The van der Waals surface area contributed by atoms with Crippen molar-refractivity contribution in [2.45, 2.75) is 38.4 Å². The molecule has 0 bridgehead atoms. The maximum Gasteiger partial charge on any atom is 0.322 e. The van der Waals surface area contributed by atoms with E-state index in [1.165, 1.54) is 0 Å². The average Bonchev–Trinajstić information content (AvgIpc) is 1.96. The van der Waals surface area contributed by atoms with Crippen LogP contribution >= 0.6 is 0 Å². The molecule has 1 rings (SSSR count). The molecule has 0 saturated heterocycles. The Labute approximate surface area is 97.0 Å². The Morgan fingerprint density at radius 1 is 1.19 bits per heavy atom. The van der Waals surface area contributed by atoms with Crippen LogP contribution in [0, 0.1) is 17.8 Å². The molecule has 0 aromatic rings. The molecule has 3 unspecified atom stereocenters. The topological polar surface area (TPSA) is 71.4 Å². The van der Waals surface area contributed by atoms with E-state index < -0.39 is 21.1 Å². The maximum absolute atomic E-state index is 11.5. The van der Waals surface area contributed by atoms with Gasteiger partial charge in [0.15, 0.2) is 15.1 Å². The third-order valence-corrected chi connectivity index (χ3v) is 4.86. The molecule has 1 fully saturated rings. The van der Waals surface area contributed by atoms with Crippen molar-refractivity contribution >= 4 is 15.8 Å². The SMILES string of the molecule is CC1CC(C)CC(C(C(=O)O)S(C)(=O)=O)C1. The predicted octanol–water partition coefficient (Wildman–Crippen LogP) is 1.56. The lowest BCUT2D eigenvalue weighted by Crippen LogP contribution is -2.40. The molecule has 1 saturated carbocycles. The van der Waals surface area contributed by atoms with Crippen LogP contribution in [0.25, 0.3) is 0 Å². The van der Waals surface area contributed by atoms with Gasteiger partial charge in [-0.25, -0.2) is 8.42 Å². The Morgan fingerprint density at radius 2 is 1.62 bits per heavy atom. The molecule has 5 heteroatoms. The van der Waals surface area contributed by atoms with E-state index in [0.717, 1.165) is 12.7 Å². The minimum Gasteiger partial charge on any atom is -0.480 e. The molecular weight excluding hydrogens is 228 g/mol. The van der Waals surface area contributed by atoms with Crippen LogP contribution in [0.15, 0.2) is 0 Å². The summed E-state index contributed by atoms with van der Waals surface area (Å²) in [6.45, 7) is 4.12. The fraction of sp³-hybridized carbons (Fsp3) is 0.909. The second-order valence-corrected chi connectivity index (χ2v) is 7.43. The van der Waals surface area contributed by atoms with Crippen LogP contribution in [0.5, 0.6) is 0 Å². The number of sulfone groups is 1. The lowest BCUT2D eigenvalue weighted by Gasteiger charge is -2.33. The number of carboxylic acids is 1. The van der Waals surface area contributed by atoms with Crippen LogP contribution in [0.3, 0.4) is 0 Å². The van der Waals surface area contributed by atoms with Crippen molar-refractivity contribution in [3.63, 3.8) is 0 Å². The Balaban J connectivity index is 2.91. The lowest BCUT2D eigenvalue weighted by atomic mass is 9.75. The summed E-state index contributed by atoms with van der Waals surface area (Å²) in [6.07, 6.45) is 3.49. The summed E-state index contributed by atoms with van der Waals surface area (Å²) in [5.41, 5.74) is 0. The first-order valence-corrected chi connectivity index (χ1v) is 7.59. The molecule has 0 aromatic carbocycles. The quantitative estimate of drug-likeness (QED) is 0.822. The van der Waals surface area contributed by atoms with Crippen LogP contribution in [0.1, 0.15) is 33.1 Å². The minimum absolute atomic E-state index is 0.230. The van der Waals surface area contributed by atoms with Crippen LogP contribution in [0.2, 0.25) is 0 Å². The van der Waals surface area contributed by atoms with Crippen molar-refractivity contribution in [1.29, 1.82) is 0 Å². The second kappa shape index (κ2) is 4.73. The molecule has 1 aliphatic rings. The van der Waals surface area contributed by atoms with Gasteiger partial charge in [0.05, 0.1) is 0 Å². The molecule has 94 valence electrons. The van der Waals surface area contributed by atoms with Gasteiger partial charge in [-0.15, -0.1) is 0 Å². The third-order valence-electron chi connectivity index (χ3n) is 3.35. The van der Waals surface area contributed by atoms with Gasteiger partial charge in [0.1, 0.15) is 0 Å². The number of rotatable bonds is 3. The van der Waals surface area contributed by atoms with E-state index in [1.807, 2.05) is 0 Å². The second-order valence-electron chi connectivity index (χ2n) is 5.27. The summed E-state index contributed by atoms with van der Waals surface area (Å²) in [5, 5.41) is 7.83. The zero-order chi connectivity index (χ0) is 12.5. The van der Waals surface area contributed by atoms with Crippen LogP contribution in [-0.4, -0.2) is 31.0 Å². The van der Waals surface area contributed by atoms with Crippen molar-refractivity contribution in [3.8, 4) is 0 Å². The number of hydrogen-bond donors (Lipinski definition) is 1. The Morgan fingerprint density at radius 3 is 1.94 bits per heavy atom. The Kier molecular flexibility index (Phi) is 3.99. The summed E-state index contributed by atoms with van der Waals surface area (Å²) in [5.74, 6) is -0.602. The van der Waals surface area contributed by atoms with Crippen LogP contribution in [0.4, 0.5) is 0 Å². The van der Waals surface area contributed by atoms with Crippen molar-refractivity contribution in [3.05, 3.63) is 0 Å². The first kappa shape index (κ1) is 13.5. The molecule has 0 spiro atoms. The highest BCUT2D eigenvalue weighted by molar-refractivity contribution is 7.92. The zero-order valence-electron chi connectivity index (χ0n) is 10.0. The van der Waals surface area contributed by atoms with E-state index in [9.17, 15) is 13.2 Å². The number of carbonyl (C=O) groups is 1. The van der Waals surface area contributed by atoms with Gasteiger partial charge in [0.25, 0.3) is 0 Å². The van der Waals surface area contributed by atoms with Gasteiger partial charge in [-0.1, -0.05) is 13.8 Å². The molecule has 4 nitrogen and oxygen atoms in total. The Bertz CT molecular complexity index is 350. The summed E-state index contributed by atoms with van der Waals surface area (Å²) < 4.78 is 23.0. The van der Waals surface area contributed by atoms with E-state index in [4.69, 9.17) is 5.11 Å². The van der Waals surface area contributed by atoms with Crippen molar-refractivity contribution in [2.75, 3.05) is 6.26 Å². The predicted molar refractivity (Wildman–Crippen MR) is 61.9 cm³/mol. The smallest absolute Gasteiger partial charge is 0.322 e. The number of hydrogen-bond acceptors (Lipinski definition) is 3. The molecule has 3 atom stereocenters. The van der Waals surface area contributed by atoms with E-state index >= 15 is 0 Å². The van der Waals surface area contributed by atoms with Crippen LogP contribution < -0.4 is 0 Å². The first-order chi connectivity index (χ1) is 7.21. The summed E-state index contributed by atoms with van der Waals surface area (Å²) >= 11 is 0. The van der Waals surface area contributed by atoms with E-state index in [2.05, 4.69) is 13.8 Å². The van der Waals surface area contributed by atoms with Crippen molar-refractivity contribution in [2.24, 2.45) is 17.8 Å². The first-order valence-electron chi connectivity index (χ1n) is 5.63. The highest BCUT2D eigenvalue weighted by Crippen LogP contribution is 2.36. The van der Waals surface area contributed by atoms with Gasteiger partial charge in [-0.2, -0.15) is 0 Å². The van der Waals surface area contributed by atoms with Gasteiger partial charge >= 0.3 is 5.97 Å². The fourth-order valence-electron chi connectivity index (χ4n) is 2.99. The number of aliphatic carboxylic acids is 1. The van der Waals surface area contributed by atoms with Gasteiger partial charge < -0.3 is 5.11 Å². The summed E-state index contributed by atoms with van der Waals surface area (Å²) in [6, 6.07) is 0. The van der Waals surface area contributed by atoms with Crippen molar-refractivity contribution < 1.29 is 18.3 Å². The van der Waals surface area contributed by atoms with Gasteiger partial charge in [0, 0.05) is 6.26 Å². The van der Waals surface area contributed by atoms with E-state index in [0.29, 0.717) is 24.7 Å². The van der Waals surface area contributed by atoms with Crippen LogP contribution in [-0.2, 0) is 14.6 Å². The molecule has 1 N–H and O–H groups in total. The molecular formula is C11H20O4S. The van der Waals surface area contributed by atoms with Gasteiger partial charge in [-0.3, -0.25) is 4.79 Å². The van der Waals surface area contributed by atoms with Crippen molar-refractivity contribution in [1.82, 2.24) is 0 Å². The molecule has 0 radical (unpaired) electrons. The monoisotopic (exact) mass is 248 g/mol. The zero-order valence-corrected chi connectivity index (χ0v) is 10.8. The van der Waals surface area contributed by atoms with E-state index in [-0.39, 0.29) is 5.92 Å². The highest BCUT2D eigenvalue weighted by atomic mass is 32.2. The molecule has 1 aliphatic carbocycles. The largest absolute Gasteiger partial charge is 0.480 e. The summed E-state index contributed by atoms with van der Waals surface area (Å²) in [7, 11) is -3.51. The standard InChI is InChI=1S/C11H20O4S/c1-7-4-8(2)6-9(5-7)10(11(12)13)16(3,14)15/h7-10H,4-6H2,1-3H3,(H,12,13). The van der Waals surface area contributed by atoms with Gasteiger partial charge in [0.2, 0.25) is 0 Å². The Hall–Kier alpha value is -0.580. The minimum atomic E-state index is -3.51. The normalized spacial score (nSPS) is 33.3.